The number of ether oxygens (including phenoxy) is 2. The molecule has 2 aromatic rings. The summed E-state index contributed by atoms with van der Waals surface area (Å²) in [6.07, 6.45) is -0.266. The van der Waals surface area contributed by atoms with Crippen molar-refractivity contribution in [3.8, 4) is 0 Å². The third-order valence-electron chi connectivity index (χ3n) is 5.46. The summed E-state index contributed by atoms with van der Waals surface area (Å²) in [6.45, 7) is 15.0. The number of hydrogen-bond donors (Lipinski definition) is 0. The van der Waals surface area contributed by atoms with Crippen LogP contribution in [0.25, 0.3) is 0 Å². The van der Waals surface area contributed by atoms with Crippen molar-refractivity contribution in [3.05, 3.63) is 65.6 Å². The molecule has 1 amide bonds. The third-order valence-corrected chi connectivity index (χ3v) is 8.24. The Labute approximate surface area is 318 Å². The molecule has 0 aliphatic carbocycles. The van der Waals surface area contributed by atoms with Gasteiger partial charge in [0.2, 0.25) is 0 Å². The topological polar surface area (TPSA) is 59.1 Å². The first-order chi connectivity index (χ1) is 18.5. The monoisotopic (exact) mass is 936 g/mol. The van der Waals surface area contributed by atoms with E-state index in [1.54, 1.807) is 8.83 Å². The predicted molar refractivity (Wildman–Crippen MR) is 188 cm³/mol. The van der Waals surface area contributed by atoms with Gasteiger partial charge < -0.3 is 28.2 Å². The molecule has 13 heteroatoms. The van der Waals surface area contributed by atoms with Gasteiger partial charge in [-0.1, -0.05) is 64.8 Å². The van der Waals surface area contributed by atoms with Gasteiger partial charge >= 0.3 is 29.1 Å². The van der Waals surface area contributed by atoms with Crippen molar-refractivity contribution in [2.24, 2.45) is 5.92 Å². The molecule has 1 spiro atoms. The van der Waals surface area contributed by atoms with Gasteiger partial charge in [-0.25, -0.2) is 8.72 Å². The minimum absolute atomic E-state index is 0. The van der Waals surface area contributed by atoms with Crippen molar-refractivity contribution in [2.45, 2.75) is 65.2 Å². The number of hydrogen-bond acceptors (Lipinski definition) is 5. The van der Waals surface area contributed by atoms with Crippen LogP contribution < -0.4 is 12.4 Å². The summed E-state index contributed by atoms with van der Waals surface area (Å²) in [7, 11) is 0. The van der Waals surface area contributed by atoms with Crippen LogP contribution in [-0.2, 0) is 32.4 Å². The normalized spacial score (nSPS) is 16.0. The molecular weight excluding hydrogens is 902 g/mol. The largest absolute Gasteiger partial charge is 2.00 e. The number of halogens is 6. The summed E-state index contributed by atoms with van der Waals surface area (Å²) in [5.41, 5.74) is 2.79. The Hall–Kier alpha value is 0.816. The number of alkyl halides is 1. The number of benzene rings is 2. The van der Waals surface area contributed by atoms with Crippen LogP contribution in [0.15, 0.2) is 45.3 Å². The molecule has 232 valence electrons. The Kier molecular flexibility index (Phi) is 19.8. The molecule has 42 heavy (non-hydrogen) atoms. The second-order valence-corrected chi connectivity index (χ2v) is 15.6. The maximum absolute atomic E-state index is 12.0. The van der Waals surface area contributed by atoms with Crippen molar-refractivity contribution in [1.82, 2.24) is 8.83 Å². The van der Waals surface area contributed by atoms with Gasteiger partial charge in [-0.15, -0.1) is 11.6 Å². The molecule has 0 atom stereocenters. The first kappa shape index (κ1) is 42.8. The van der Waals surface area contributed by atoms with Gasteiger partial charge in [0.15, 0.2) is 5.78 Å². The van der Waals surface area contributed by atoms with E-state index in [9.17, 15) is 9.59 Å². The fraction of sp³-hybridized carbons (Fsp3) is 0.517. The van der Waals surface area contributed by atoms with Crippen molar-refractivity contribution in [3.63, 3.8) is 0 Å². The van der Waals surface area contributed by atoms with Crippen LogP contribution in [0.5, 0.6) is 0 Å². The van der Waals surface area contributed by atoms with E-state index in [0.29, 0.717) is 44.4 Å². The predicted octanol–water partition coefficient (Wildman–Crippen LogP) is 5.80. The maximum atomic E-state index is 12.0. The molecule has 2 saturated heterocycles. The van der Waals surface area contributed by atoms with Crippen LogP contribution in [-0.4, -0.2) is 75.5 Å². The van der Waals surface area contributed by atoms with Crippen LogP contribution in [0.1, 0.15) is 59.7 Å². The van der Waals surface area contributed by atoms with E-state index in [0.717, 1.165) is 14.9 Å². The van der Waals surface area contributed by atoms with E-state index in [1.165, 1.54) is 20.3 Å². The second kappa shape index (κ2) is 19.5. The first-order valence-corrected chi connectivity index (χ1v) is 16.8. The minimum Gasteiger partial charge on any atom is -1.00 e. The SMILES string of the molecule is CC(C)(C)OC(=O)N1CC2(C1)OCc1cc(Br)ccc12.CC(C)C.ClCc1ccc(Br)cc1I.O=C1CN(Br)C1.[Cl-].[H-].[Mg+2]. The summed E-state index contributed by atoms with van der Waals surface area (Å²) < 4.78 is 16.5. The summed E-state index contributed by atoms with van der Waals surface area (Å²) in [5.74, 6) is 1.73. The minimum atomic E-state index is -0.459. The molecular formula is C29H38Br3Cl2IMgN2O4. The second-order valence-electron chi connectivity index (χ2n) is 11.3. The van der Waals surface area contributed by atoms with E-state index < -0.39 is 5.60 Å². The van der Waals surface area contributed by atoms with E-state index >= 15 is 0 Å². The van der Waals surface area contributed by atoms with E-state index in [1.807, 2.05) is 39.0 Å². The average Bonchev–Trinajstić information content (AvgIpc) is 3.15. The summed E-state index contributed by atoms with van der Waals surface area (Å²) >= 11 is 17.9. The van der Waals surface area contributed by atoms with Crippen LogP contribution >= 0.6 is 82.2 Å². The smallest absolute Gasteiger partial charge is 1.00 e. The Morgan fingerprint density at radius 2 is 1.64 bits per heavy atom. The molecule has 0 aromatic heterocycles. The van der Waals surface area contributed by atoms with Gasteiger partial charge in [0.05, 0.1) is 32.8 Å². The Bertz CT molecular complexity index is 1180. The van der Waals surface area contributed by atoms with Crippen molar-refractivity contribution in [2.75, 3.05) is 26.2 Å². The molecule has 5 rings (SSSR count). The summed E-state index contributed by atoms with van der Waals surface area (Å²) in [6, 6.07) is 12.3. The van der Waals surface area contributed by atoms with Crippen LogP contribution in [0, 0.1) is 9.49 Å². The number of carbonyl (C=O) groups excluding carboxylic acids is 2. The molecule has 0 saturated carbocycles. The molecule has 0 N–H and O–H groups in total. The average molecular weight is 940 g/mol. The molecule has 0 bridgehead atoms. The molecule has 2 fully saturated rings. The van der Waals surface area contributed by atoms with Crippen molar-refractivity contribution < 1.29 is 32.9 Å². The molecule has 2 aromatic carbocycles. The van der Waals surface area contributed by atoms with E-state index in [4.69, 9.17) is 21.1 Å². The maximum Gasteiger partial charge on any atom is 2.00 e. The molecule has 3 heterocycles. The molecule has 0 unspecified atom stereocenters. The molecule has 3 aliphatic heterocycles. The van der Waals surface area contributed by atoms with Gasteiger partial charge in [0.1, 0.15) is 11.2 Å². The van der Waals surface area contributed by atoms with Crippen molar-refractivity contribution >= 4 is 117 Å². The fourth-order valence-electron chi connectivity index (χ4n) is 3.67. The Morgan fingerprint density at radius 1 is 1.12 bits per heavy atom. The number of nitrogens with zero attached hydrogens (tertiary/aromatic N) is 2. The van der Waals surface area contributed by atoms with Gasteiger partial charge in [0.25, 0.3) is 0 Å². The zero-order valence-electron chi connectivity index (χ0n) is 25.8. The van der Waals surface area contributed by atoms with Gasteiger partial charge in [-0.05, 0) is 90.2 Å². The number of likely N-dealkylation sites (tertiary alicyclic amines) is 1. The summed E-state index contributed by atoms with van der Waals surface area (Å²) in [5, 5.41) is 0. The standard InChI is InChI=1S/C15H18BrNO3.C7H5BrClI.C4H10.C3H4BrNO.ClH.Mg.H/c1-14(2,3)20-13(18)17-8-15(9-17)12-5-4-11(16)6-10(12)7-19-15;8-6-2-1-5(4-9)7(10)3-6;1-4(2)3;4-5-1-3(6)2-5;;;/h4-6H,7-9H2,1-3H3;1-3H,4H2;4H,1-3H3;1-2H2;1H;;/q;;;;;+2;-1/p-1. The zero-order valence-corrected chi connectivity index (χ0v) is 34.6. The number of rotatable bonds is 1. The van der Waals surface area contributed by atoms with E-state index in [2.05, 4.69) is 110 Å². The van der Waals surface area contributed by atoms with Gasteiger partial charge in [0, 0.05) is 34.5 Å². The van der Waals surface area contributed by atoms with Crippen LogP contribution in [0.3, 0.4) is 0 Å². The van der Waals surface area contributed by atoms with Crippen molar-refractivity contribution in [1.29, 1.82) is 0 Å². The first-order valence-electron chi connectivity index (χ1n) is 12.9. The quantitative estimate of drug-likeness (QED) is 0.157. The number of ketones is 1. The Morgan fingerprint density at radius 3 is 2.07 bits per heavy atom. The summed E-state index contributed by atoms with van der Waals surface area (Å²) in [4.78, 5) is 23.7. The van der Waals surface area contributed by atoms with Gasteiger partial charge in [-0.2, -0.15) is 0 Å². The Balaban J connectivity index is 0. The van der Waals surface area contributed by atoms with E-state index in [-0.39, 0.29) is 48.6 Å². The third kappa shape index (κ3) is 14.1. The number of fused-ring (bicyclic) bond motifs is 2. The van der Waals surface area contributed by atoms with Crippen LogP contribution in [0.2, 0.25) is 0 Å². The number of Topliss-reactive ketones (excluding diaryl/α,β-unsaturated/α-hetero) is 1. The van der Waals surface area contributed by atoms with Crippen LogP contribution in [0.4, 0.5) is 4.79 Å². The fourth-order valence-corrected chi connectivity index (χ4v) is 6.60. The molecule has 3 aliphatic rings. The van der Waals surface area contributed by atoms with Gasteiger partial charge in [-0.3, -0.25) is 4.79 Å². The zero-order chi connectivity index (χ0) is 30.3. The number of carbonyl (C=O) groups is 2. The number of amides is 1. The molecule has 6 nitrogen and oxygen atoms in total. The molecule has 0 radical (unpaired) electrons.